The van der Waals surface area contributed by atoms with E-state index in [4.69, 9.17) is 0 Å². The maximum Gasteiger partial charge on any atom is 0.0811 e. The summed E-state index contributed by atoms with van der Waals surface area (Å²) in [5.74, 6) is 0.321. The summed E-state index contributed by atoms with van der Waals surface area (Å²) in [6.45, 7) is 0.958. The van der Waals surface area contributed by atoms with E-state index in [2.05, 4.69) is 5.32 Å². The van der Waals surface area contributed by atoms with Crippen molar-refractivity contribution in [2.24, 2.45) is 0 Å². The molecule has 0 radical (unpaired) electrons. The number of nitrogens with one attached hydrogen (secondary N) is 1. The van der Waals surface area contributed by atoms with Crippen LogP contribution in [-0.2, 0) is 10.8 Å². The van der Waals surface area contributed by atoms with Crippen LogP contribution in [0.2, 0.25) is 0 Å². The van der Waals surface area contributed by atoms with Gasteiger partial charge in [-0.15, -0.1) is 0 Å². The molecule has 1 aromatic carbocycles. The third-order valence-corrected chi connectivity index (χ3v) is 4.33. The van der Waals surface area contributed by atoms with E-state index >= 15 is 0 Å². The molecule has 1 saturated heterocycles. The van der Waals surface area contributed by atoms with E-state index in [0.717, 1.165) is 24.3 Å². The molecule has 0 saturated carbocycles. The van der Waals surface area contributed by atoms with Crippen LogP contribution < -0.4 is 5.32 Å². The Balaban J connectivity index is 1.92. The Morgan fingerprint density at radius 1 is 1.44 bits per heavy atom. The number of rotatable bonds is 4. The van der Waals surface area contributed by atoms with Gasteiger partial charge in [0.2, 0.25) is 0 Å². The predicted molar refractivity (Wildman–Crippen MR) is 64.7 cm³/mol. The fourth-order valence-electron chi connectivity index (χ4n) is 1.98. The molecule has 3 atom stereocenters. The van der Waals surface area contributed by atoms with Gasteiger partial charge in [-0.05, 0) is 31.5 Å². The quantitative estimate of drug-likeness (QED) is 0.821. The highest BCUT2D eigenvalue weighted by Crippen LogP contribution is 2.13. The van der Waals surface area contributed by atoms with Crippen molar-refractivity contribution in [2.75, 3.05) is 12.3 Å². The average Bonchev–Trinajstić information content (AvgIpc) is 2.83. The zero-order valence-electron chi connectivity index (χ0n) is 9.13. The zero-order chi connectivity index (χ0) is 11.4. The van der Waals surface area contributed by atoms with Crippen molar-refractivity contribution in [1.82, 2.24) is 5.32 Å². The average molecular weight is 239 g/mol. The number of hydrogen-bond acceptors (Lipinski definition) is 3. The third-order valence-electron chi connectivity index (χ3n) is 2.89. The molecular formula is C12H17NO2S. The van der Waals surface area contributed by atoms with Crippen LogP contribution in [0.4, 0.5) is 0 Å². The van der Waals surface area contributed by atoms with E-state index in [1.807, 2.05) is 30.3 Å². The summed E-state index contributed by atoms with van der Waals surface area (Å²) in [6.07, 6.45) is 1.57. The first-order valence-electron chi connectivity index (χ1n) is 5.62. The van der Waals surface area contributed by atoms with Crippen molar-refractivity contribution in [3.8, 4) is 0 Å². The van der Waals surface area contributed by atoms with Crippen molar-refractivity contribution in [3.63, 3.8) is 0 Å². The largest absolute Gasteiger partial charge is 0.391 e. The highest BCUT2D eigenvalue weighted by atomic mass is 32.2. The van der Waals surface area contributed by atoms with Crippen molar-refractivity contribution in [2.45, 2.75) is 29.9 Å². The molecule has 1 aromatic rings. The van der Waals surface area contributed by atoms with Crippen LogP contribution in [0.5, 0.6) is 0 Å². The molecule has 16 heavy (non-hydrogen) atoms. The molecule has 0 aromatic heterocycles. The van der Waals surface area contributed by atoms with E-state index in [1.165, 1.54) is 0 Å². The minimum Gasteiger partial charge on any atom is -0.391 e. The maximum atomic E-state index is 11.9. The van der Waals surface area contributed by atoms with Crippen LogP contribution in [0, 0.1) is 0 Å². The van der Waals surface area contributed by atoms with Crippen LogP contribution in [0.1, 0.15) is 12.8 Å². The van der Waals surface area contributed by atoms with Crippen LogP contribution in [-0.4, -0.2) is 33.8 Å². The molecule has 2 rings (SSSR count). The van der Waals surface area contributed by atoms with Gasteiger partial charge in [-0.3, -0.25) is 4.21 Å². The summed E-state index contributed by atoms with van der Waals surface area (Å²) in [4.78, 5) is 0.791. The van der Waals surface area contributed by atoms with Gasteiger partial charge in [0.25, 0.3) is 0 Å². The molecule has 0 bridgehead atoms. The second-order valence-corrected chi connectivity index (χ2v) is 5.59. The van der Waals surface area contributed by atoms with Gasteiger partial charge in [0, 0.05) is 10.9 Å². The fraction of sp³-hybridized carbons (Fsp3) is 0.500. The lowest BCUT2D eigenvalue weighted by atomic mass is 10.1. The minimum absolute atomic E-state index is 0.118. The van der Waals surface area contributed by atoms with E-state index in [0.29, 0.717) is 5.75 Å². The molecule has 1 aliphatic heterocycles. The van der Waals surface area contributed by atoms with Gasteiger partial charge in [0.15, 0.2) is 0 Å². The van der Waals surface area contributed by atoms with E-state index in [9.17, 15) is 9.32 Å². The Bertz CT molecular complexity index is 349. The smallest absolute Gasteiger partial charge is 0.0811 e. The van der Waals surface area contributed by atoms with Crippen molar-refractivity contribution in [3.05, 3.63) is 30.3 Å². The molecule has 1 aliphatic rings. The molecule has 1 fully saturated rings. The lowest BCUT2D eigenvalue weighted by Crippen LogP contribution is -2.38. The Labute approximate surface area is 98.3 Å². The highest BCUT2D eigenvalue weighted by Gasteiger charge is 2.24. The van der Waals surface area contributed by atoms with Crippen LogP contribution in [0.3, 0.4) is 0 Å². The molecule has 0 spiro atoms. The summed E-state index contributed by atoms with van der Waals surface area (Å²) in [5, 5.41) is 13.2. The van der Waals surface area contributed by atoms with Crippen molar-refractivity contribution >= 4 is 10.8 Å². The first-order valence-corrected chi connectivity index (χ1v) is 6.94. The summed E-state index contributed by atoms with van der Waals surface area (Å²) in [5.41, 5.74) is 0. The third kappa shape index (κ3) is 2.90. The topological polar surface area (TPSA) is 49.3 Å². The first kappa shape index (κ1) is 11.8. The minimum atomic E-state index is -1.10. The first-order chi connectivity index (χ1) is 7.77. The predicted octanol–water partition coefficient (Wildman–Crippen LogP) is 0.907. The number of hydrogen-bond donors (Lipinski definition) is 2. The van der Waals surface area contributed by atoms with E-state index in [-0.39, 0.29) is 6.04 Å². The SMILES string of the molecule is O=S(C[C@H](O)[C@H]1CCCN1)c1ccccc1. The Morgan fingerprint density at radius 2 is 2.19 bits per heavy atom. The lowest BCUT2D eigenvalue weighted by molar-refractivity contribution is 0.158. The number of aliphatic hydroxyl groups excluding tert-OH is 1. The number of aliphatic hydroxyl groups is 1. The zero-order valence-corrected chi connectivity index (χ0v) is 9.95. The molecule has 4 heteroatoms. The van der Waals surface area contributed by atoms with Gasteiger partial charge in [0.05, 0.1) is 22.7 Å². The summed E-state index contributed by atoms with van der Waals surface area (Å²) < 4.78 is 11.9. The molecule has 3 nitrogen and oxygen atoms in total. The standard InChI is InChI=1S/C12H17NO2S/c14-12(11-7-4-8-13-11)9-16(15)10-5-2-1-3-6-10/h1-3,5-6,11-14H,4,7-9H2/t11-,12+,16?/m1/s1. The van der Waals surface area contributed by atoms with Gasteiger partial charge in [0.1, 0.15) is 0 Å². The van der Waals surface area contributed by atoms with Crippen LogP contribution >= 0.6 is 0 Å². The summed E-state index contributed by atoms with van der Waals surface area (Å²) in [7, 11) is -1.10. The highest BCUT2D eigenvalue weighted by molar-refractivity contribution is 7.85. The fourth-order valence-corrected chi connectivity index (χ4v) is 3.18. The van der Waals surface area contributed by atoms with Gasteiger partial charge in [-0.25, -0.2) is 0 Å². The van der Waals surface area contributed by atoms with Crippen molar-refractivity contribution < 1.29 is 9.32 Å². The van der Waals surface area contributed by atoms with E-state index < -0.39 is 16.9 Å². The van der Waals surface area contributed by atoms with Gasteiger partial charge in [-0.2, -0.15) is 0 Å². The molecule has 1 unspecified atom stereocenters. The lowest BCUT2D eigenvalue weighted by Gasteiger charge is -2.17. The van der Waals surface area contributed by atoms with Gasteiger partial charge < -0.3 is 10.4 Å². The normalized spacial score (nSPS) is 24.2. The van der Waals surface area contributed by atoms with Crippen molar-refractivity contribution in [1.29, 1.82) is 0 Å². The Hall–Kier alpha value is -0.710. The summed E-state index contributed by atoms with van der Waals surface area (Å²) in [6, 6.07) is 9.43. The molecule has 0 aliphatic carbocycles. The monoisotopic (exact) mass is 239 g/mol. The van der Waals surface area contributed by atoms with Gasteiger partial charge in [-0.1, -0.05) is 18.2 Å². The van der Waals surface area contributed by atoms with E-state index in [1.54, 1.807) is 0 Å². The summed E-state index contributed by atoms with van der Waals surface area (Å²) >= 11 is 0. The second-order valence-electron chi connectivity index (χ2n) is 4.10. The Morgan fingerprint density at radius 3 is 2.81 bits per heavy atom. The van der Waals surface area contributed by atoms with Gasteiger partial charge >= 0.3 is 0 Å². The molecule has 88 valence electrons. The molecular weight excluding hydrogens is 222 g/mol. The number of benzene rings is 1. The Kier molecular flexibility index (Phi) is 4.09. The maximum absolute atomic E-state index is 11.9. The van der Waals surface area contributed by atoms with Crippen LogP contribution in [0.15, 0.2) is 35.2 Å². The molecule has 0 amide bonds. The second kappa shape index (κ2) is 5.57. The molecule has 1 heterocycles. The van der Waals surface area contributed by atoms with Crippen LogP contribution in [0.25, 0.3) is 0 Å². The molecule has 2 N–H and O–H groups in total.